The number of imide groups is 1. The number of amides is 3. The molecule has 2 N–H and O–H groups in total. The van der Waals surface area contributed by atoms with Gasteiger partial charge in [0, 0.05) is 32.4 Å². The number of rotatable bonds is 6. The Morgan fingerprint density at radius 3 is 2.25 bits per heavy atom. The van der Waals surface area contributed by atoms with Crippen LogP contribution in [0.4, 0.5) is 0 Å². The standard InChI is InChI=1S/C13H18N2O5/c16-9(4-7-15-10(17)2-3-11(15)18)14-8-13(12(19)20)5-1-6-13/h1-8H2,(H,14,16)(H,19,20). The number of likely N-dealkylation sites (tertiary alicyclic amines) is 1. The van der Waals surface area contributed by atoms with Crippen LogP contribution < -0.4 is 5.32 Å². The third kappa shape index (κ3) is 2.81. The average molecular weight is 282 g/mol. The van der Waals surface area contributed by atoms with Gasteiger partial charge in [-0.25, -0.2) is 0 Å². The SMILES string of the molecule is O=C(CCN1C(=O)CCC1=O)NCC1(C(=O)O)CCC1. The van der Waals surface area contributed by atoms with Crippen molar-refractivity contribution in [3.05, 3.63) is 0 Å². The summed E-state index contributed by atoms with van der Waals surface area (Å²) < 4.78 is 0. The summed E-state index contributed by atoms with van der Waals surface area (Å²) in [5, 5.41) is 11.7. The van der Waals surface area contributed by atoms with E-state index in [0.29, 0.717) is 12.8 Å². The first-order valence-corrected chi connectivity index (χ1v) is 6.78. The molecule has 1 saturated heterocycles. The van der Waals surface area contributed by atoms with Crippen molar-refractivity contribution in [2.24, 2.45) is 5.41 Å². The number of hydrogen-bond acceptors (Lipinski definition) is 4. The monoisotopic (exact) mass is 282 g/mol. The molecule has 0 radical (unpaired) electrons. The van der Waals surface area contributed by atoms with Gasteiger partial charge in [-0.3, -0.25) is 24.1 Å². The Balaban J connectivity index is 1.74. The molecule has 1 aliphatic carbocycles. The van der Waals surface area contributed by atoms with Gasteiger partial charge in [-0.05, 0) is 12.8 Å². The van der Waals surface area contributed by atoms with E-state index in [2.05, 4.69) is 5.32 Å². The molecule has 1 aliphatic heterocycles. The fraction of sp³-hybridized carbons (Fsp3) is 0.692. The first-order chi connectivity index (χ1) is 9.44. The molecule has 3 amide bonds. The van der Waals surface area contributed by atoms with Crippen molar-refractivity contribution < 1.29 is 24.3 Å². The first kappa shape index (κ1) is 14.5. The highest BCUT2D eigenvalue weighted by Crippen LogP contribution is 2.40. The van der Waals surface area contributed by atoms with Crippen molar-refractivity contribution >= 4 is 23.7 Å². The van der Waals surface area contributed by atoms with Crippen LogP contribution in [0, 0.1) is 5.41 Å². The summed E-state index contributed by atoms with van der Waals surface area (Å²) >= 11 is 0. The maximum Gasteiger partial charge on any atom is 0.311 e. The summed E-state index contributed by atoms with van der Waals surface area (Å²) in [5.41, 5.74) is -0.824. The number of carboxylic acid groups (broad SMARTS) is 1. The zero-order chi connectivity index (χ0) is 14.8. The molecule has 1 saturated carbocycles. The van der Waals surface area contributed by atoms with E-state index in [-0.39, 0.29) is 50.1 Å². The van der Waals surface area contributed by atoms with E-state index in [1.54, 1.807) is 0 Å². The van der Waals surface area contributed by atoms with Gasteiger partial charge in [-0.1, -0.05) is 6.42 Å². The number of carboxylic acids is 1. The Bertz CT molecular complexity index is 440. The van der Waals surface area contributed by atoms with E-state index < -0.39 is 11.4 Å². The topological polar surface area (TPSA) is 104 Å². The molecule has 0 unspecified atom stereocenters. The highest BCUT2D eigenvalue weighted by Gasteiger charge is 2.44. The number of carbonyl (C=O) groups is 4. The molecule has 20 heavy (non-hydrogen) atoms. The zero-order valence-corrected chi connectivity index (χ0v) is 11.2. The number of carbonyl (C=O) groups excluding carboxylic acids is 3. The van der Waals surface area contributed by atoms with Gasteiger partial charge in [0.15, 0.2) is 0 Å². The molecule has 2 fully saturated rings. The second kappa shape index (κ2) is 5.60. The van der Waals surface area contributed by atoms with Gasteiger partial charge in [0.05, 0.1) is 5.41 Å². The van der Waals surface area contributed by atoms with Crippen LogP contribution in [-0.2, 0) is 19.2 Å². The van der Waals surface area contributed by atoms with Crippen molar-refractivity contribution in [2.75, 3.05) is 13.1 Å². The van der Waals surface area contributed by atoms with Gasteiger partial charge < -0.3 is 10.4 Å². The maximum absolute atomic E-state index is 11.7. The lowest BCUT2D eigenvalue weighted by molar-refractivity contribution is -0.154. The molecule has 0 atom stereocenters. The lowest BCUT2D eigenvalue weighted by Gasteiger charge is -2.37. The smallest absolute Gasteiger partial charge is 0.311 e. The van der Waals surface area contributed by atoms with E-state index in [1.165, 1.54) is 0 Å². The maximum atomic E-state index is 11.7. The van der Waals surface area contributed by atoms with Crippen molar-refractivity contribution in [3.63, 3.8) is 0 Å². The second-order valence-electron chi connectivity index (χ2n) is 5.40. The van der Waals surface area contributed by atoms with Crippen LogP contribution in [0.1, 0.15) is 38.5 Å². The molecule has 0 bridgehead atoms. The Hall–Kier alpha value is -1.92. The predicted octanol–water partition coefficient (Wildman–Crippen LogP) is -0.103. The fourth-order valence-corrected chi connectivity index (χ4v) is 2.51. The van der Waals surface area contributed by atoms with Crippen LogP contribution in [0.25, 0.3) is 0 Å². The number of nitrogens with zero attached hydrogens (tertiary/aromatic N) is 1. The molecule has 110 valence electrons. The van der Waals surface area contributed by atoms with Crippen LogP contribution >= 0.6 is 0 Å². The molecule has 7 heteroatoms. The predicted molar refractivity (Wildman–Crippen MR) is 67.5 cm³/mol. The van der Waals surface area contributed by atoms with Crippen LogP contribution in [0.3, 0.4) is 0 Å². The molecular weight excluding hydrogens is 264 g/mol. The molecule has 0 spiro atoms. The molecule has 1 heterocycles. The van der Waals surface area contributed by atoms with Gasteiger partial charge >= 0.3 is 5.97 Å². The van der Waals surface area contributed by atoms with E-state index in [1.807, 2.05) is 0 Å². The normalized spacial score (nSPS) is 20.7. The first-order valence-electron chi connectivity index (χ1n) is 6.78. The minimum Gasteiger partial charge on any atom is -0.481 e. The number of nitrogens with one attached hydrogen (secondary N) is 1. The van der Waals surface area contributed by atoms with Crippen LogP contribution in [0.2, 0.25) is 0 Å². The van der Waals surface area contributed by atoms with Gasteiger partial charge in [-0.15, -0.1) is 0 Å². The van der Waals surface area contributed by atoms with Crippen molar-refractivity contribution in [3.8, 4) is 0 Å². The Morgan fingerprint density at radius 2 is 1.80 bits per heavy atom. The van der Waals surface area contributed by atoms with Crippen molar-refractivity contribution in [1.29, 1.82) is 0 Å². The Kier molecular flexibility index (Phi) is 4.06. The third-order valence-electron chi connectivity index (χ3n) is 4.11. The van der Waals surface area contributed by atoms with Crippen LogP contribution in [-0.4, -0.2) is 46.8 Å². The molecule has 2 rings (SSSR count). The summed E-state index contributed by atoms with van der Waals surface area (Å²) in [7, 11) is 0. The van der Waals surface area contributed by atoms with E-state index >= 15 is 0 Å². The third-order valence-corrected chi connectivity index (χ3v) is 4.11. The summed E-state index contributed by atoms with van der Waals surface area (Å²) in [6.45, 7) is 0.187. The quantitative estimate of drug-likeness (QED) is 0.662. The second-order valence-corrected chi connectivity index (χ2v) is 5.40. The molecule has 7 nitrogen and oxygen atoms in total. The summed E-state index contributed by atoms with van der Waals surface area (Å²) in [4.78, 5) is 46.6. The Labute approximate surface area is 116 Å². The lowest BCUT2D eigenvalue weighted by Crippen LogP contribution is -2.48. The van der Waals surface area contributed by atoms with Gasteiger partial charge in [0.2, 0.25) is 17.7 Å². The zero-order valence-electron chi connectivity index (χ0n) is 11.2. The summed E-state index contributed by atoms with van der Waals surface area (Å²) in [6.07, 6.45) is 2.45. The van der Waals surface area contributed by atoms with Crippen LogP contribution in [0.15, 0.2) is 0 Å². The van der Waals surface area contributed by atoms with E-state index in [4.69, 9.17) is 5.11 Å². The average Bonchev–Trinajstić information content (AvgIpc) is 2.65. The highest BCUT2D eigenvalue weighted by molar-refractivity contribution is 6.02. The molecule has 0 aromatic heterocycles. The minimum absolute atomic E-state index is 0.0210. The van der Waals surface area contributed by atoms with Crippen LogP contribution in [0.5, 0.6) is 0 Å². The summed E-state index contributed by atoms with van der Waals surface area (Å²) in [5.74, 6) is -1.70. The van der Waals surface area contributed by atoms with Crippen molar-refractivity contribution in [1.82, 2.24) is 10.2 Å². The number of aliphatic carboxylic acids is 1. The lowest BCUT2D eigenvalue weighted by atomic mass is 9.69. The Morgan fingerprint density at radius 1 is 1.20 bits per heavy atom. The van der Waals surface area contributed by atoms with Gasteiger partial charge in [-0.2, -0.15) is 0 Å². The van der Waals surface area contributed by atoms with E-state index in [9.17, 15) is 19.2 Å². The van der Waals surface area contributed by atoms with E-state index in [0.717, 1.165) is 11.3 Å². The molecule has 0 aromatic carbocycles. The molecular formula is C13H18N2O5. The highest BCUT2D eigenvalue weighted by atomic mass is 16.4. The largest absolute Gasteiger partial charge is 0.481 e. The summed E-state index contributed by atoms with van der Waals surface area (Å²) in [6, 6.07) is 0. The number of hydrogen-bond donors (Lipinski definition) is 2. The molecule has 2 aliphatic rings. The fourth-order valence-electron chi connectivity index (χ4n) is 2.51. The van der Waals surface area contributed by atoms with Gasteiger partial charge in [0.1, 0.15) is 0 Å². The minimum atomic E-state index is -0.881. The molecule has 0 aromatic rings. The van der Waals surface area contributed by atoms with Crippen molar-refractivity contribution in [2.45, 2.75) is 38.5 Å². The van der Waals surface area contributed by atoms with Gasteiger partial charge in [0.25, 0.3) is 0 Å².